The Labute approximate surface area is 159 Å². The fraction of sp³-hybridized carbons (Fsp3) is 0.579. The first kappa shape index (κ1) is 20.6. The standard InChI is InChI=1S/C19H27FN2O3S/c1-2-3-5-10-16(23)21-17(26)19(20)11-12-22(14-19)18(24)25-13-15-8-6-4-7-9-15/h4,6-9,17,26H,2-3,5,10-14H2,1H3,(H,21,23). The van der Waals surface area contributed by atoms with Crippen LogP contribution >= 0.6 is 12.6 Å². The average Bonchev–Trinajstić information content (AvgIpc) is 3.04. The zero-order chi connectivity index (χ0) is 19.0. The van der Waals surface area contributed by atoms with Crippen molar-refractivity contribution in [1.29, 1.82) is 0 Å². The molecule has 2 unspecified atom stereocenters. The van der Waals surface area contributed by atoms with Crippen LogP contribution in [-0.4, -0.2) is 41.0 Å². The molecule has 1 aliphatic heterocycles. The monoisotopic (exact) mass is 382 g/mol. The summed E-state index contributed by atoms with van der Waals surface area (Å²) in [5, 5.41) is 1.67. The number of carbonyl (C=O) groups is 2. The smallest absolute Gasteiger partial charge is 0.410 e. The zero-order valence-electron chi connectivity index (χ0n) is 15.1. The van der Waals surface area contributed by atoms with Gasteiger partial charge in [0, 0.05) is 19.4 Å². The summed E-state index contributed by atoms with van der Waals surface area (Å²) in [6, 6.07) is 9.32. The summed E-state index contributed by atoms with van der Waals surface area (Å²) in [5.74, 6) is -0.208. The first-order chi connectivity index (χ1) is 12.4. The number of likely N-dealkylation sites (tertiary alicyclic amines) is 1. The van der Waals surface area contributed by atoms with E-state index in [1.807, 2.05) is 30.3 Å². The largest absolute Gasteiger partial charge is 0.445 e. The highest BCUT2D eigenvalue weighted by atomic mass is 32.1. The summed E-state index contributed by atoms with van der Waals surface area (Å²) in [7, 11) is 0. The second kappa shape index (κ2) is 9.80. The van der Waals surface area contributed by atoms with Gasteiger partial charge in [0.05, 0.1) is 6.54 Å². The Morgan fingerprint density at radius 3 is 2.77 bits per heavy atom. The third-order valence-electron chi connectivity index (χ3n) is 4.51. The molecule has 0 spiro atoms. The van der Waals surface area contributed by atoms with Crippen molar-refractivity contribution in [3.8, 4) is 0 Å². The molecule has 1 aromatic rings. The number of halogens is 1. The molecule has 144 valence electrons. The normalized spacial score (nSPS) is 20.7. The topological polar surface area (TPSA) is 58.6 Å². The molecule has 5 nitrogen and oxygen atoms in total. The molecule has 1 heterocycles. The molecular weight excluding hydrogens is 355 g/mol. The average molecular weight is 383 g/mol. The molecule has 1 saturated heterocycles. The first-order valence-corrected chi connectivity index (χ1v) is 9.58. The molecule has 0 radical (unpaired) electrons. The van der Waals surface area contributed by atoms with E-state index in [1.165, 1.54) is 4.90 Å². The predicted octanol–water partition coefficient (Wildman–Crippen LogP) is 3.69. The molecule has 2 atom stereocenters. The molecule has 0 saturated carbocycles. The molecule has 2 amide bonds. The minimum Gasteiger partial charge on any atom is -0.445 e. The molecule has 26 heavy (non-hydrogen) atoms. The Hall–Kier alpha value is -1.76. The lowest BCUT2D eigenvalue weighted by Gasteiger charge is -2.27. The first-order valence-electron chi connectivity index (χ1n) is 9.06. The van der Waals surface area contributed by atoms with Gasteiger partial charge in [-0.05, 0) is 12.0 Å². The third kappa shape index (κ3) is 5.90. The van der Waals surface area contributed by atoms with Gasteiger partial charge in [-0.2, -0.15) is 12.6 Å². The molecule has 1 aromatic carbocycles. The number of hydrogen-bond acceptors (Lipinski definition) is 4. The number of carbonyl (C=O) groups excluding carboxylic acids is 2. The number of nitrogens with one attached hydrogen (secondary N) is 1. The number of ether oxygens (including phenoxy) is 1. The highest BCUT2D eigenvalue weighted by Gasteiger charge is 2.46. The van der Waals surface area contributed by atoms with Crippen molar-refractivity contribution < 1.29 is 18.7 Å². The van der Waals surface area contributed by atoms with Gasteiger partial charge < -0.3 is 15.0 Å². The third-order valence-corrected chi connectivity index (χ3v) is 5.10. The van der Waals surface area contributed by atoms with Crippen molar-refractivity contribution in [2.45, 2.75) is 56.7 Å². The number of hydrogen-bond donors (Lipinski definition) is 2. The summed E-state index contributed by atoms with van der Waals surface area (Å²) in [4.78, 5) is 25.3. The Bertz CT molecular complexity index is 602. The number of alkyl halides is 1. The minimum atomic E-state index is -1.75. The number of rotatable bonds is 8. The number of unbranched alkanes of at least 4 members (excludes halogenated alkanes) is 2. The lowest BCUT2D eigenvalue weighted by molar-refractivity contribution is -0.122. The summed E-state index contributed by atoms with van der Waals surface area (Å²) in [6.45, 7) is 2.31. The second-order valence-corrected chi connectivity index (χ2v) is 7.19. The Balaban J connectivity index is 1.79. The number of benzene rings is 1. The number of amides is 2. The fourth-order valence-corrected chi connectivity index (χ4v) is 3.23. The van der Waals surface area contributed by atoms with E-state index >= 15 is 4.39 Å². The molecule has 0 aromatic heterocycles. The van der Waals surface area contributed by atoms with Crippen molar-refractivity contribution in [3.63, 3.8) is 0 Å². The van der Waals surface area contributed by atoms with E-state index in [4.69, 9.17) is 4.74 Å². The van der Waals surface area contributed by atoms with E-state index in [2.05, 4.69) is 24.9 Å². The van der Waals surface area contributed by atoms with E-state index in [-0.39, 0.29) is 32.0 Å². The van der Waals surface area contributed by atoms with Gasteiger partial charge in [-0.15, -0.1) is 0 Å². The summed E-state index contributed by atoms with van der Waals surface area (Å²) in [5.41, 5.74) is -0.882. The molecule has 1 fully saturated rings. The van der Waals surface area contributed by atoms with Crippen LogP contribution in [0, 0.1) is 0 Å². The van der Waals surface area contributed by atoms with Crippen LogP contribution in [-0.2, 0) is 16.1 Å². The van der Waals surface area contributed by atoms with E-state index in [1.54, 1.807) is 0 Å². The minimum absolute atomic E-state index is 0.122. The van der Waals surface area contributed by atoms with Crippen LogP contribution in [0.2, 0.25) is 0 Å². The zero-order valence-corrected chi connectivity index (χ0v) is 16.0. The summed E-state index contributed by atoms with van der Waals surface area (Å²) in [6.07, 6.45) is 2.70. The summed E-state index contributed by atoms with van der Waals surface area (Å²) >= 11 is 4.23. The van der Waals surface area contributed by atoms with Gasteiger partial charge in [0.1, 0.15) is 12.0 Å². The molecule has 1 N–H and O–H groups in total. The second-order valence-electron chi connectivity index (χ2n) is 6.67. The van der Waals surface area contributed by atoms with Crippen LogP contribution in [0.25, 0.3) is 0 Å². The van der Waals surface area contributed by atoms with Gasteiger partial charge in [0.2, 0.25) is 5.91 Å². The van der Waals surface area contributed by atoms with Crippen LogP contribution in [0.3, 0.4) is 0 Å². The lowest BCUT2D eigenvalue weighted by Crippen LogP contribution is -2.48. The maximum atomic E-state index is 15.1. The highest BCUT2D eigenvalue weighted by molar-refractivity contribution is 7.81. The molecule has 1 aliphatic rings. The van der Waals surface area contributed by atoms with E-state index in [0.717, 1.165) is 24.8 Å². The Kier molecular flexibility index (Phi) is 7.75. The fourth-order valence-electron chi connectivity index (χ4n) is 2.88. The quantitative estimate of drug-likeness (QED) is 0.410. The molecular formula is C19H27FN2O3S. The van der Waals surface area contributed by atoms with Crippen LogP contribution in [0.15, 0.2) is 30.3 Å². The molecule has 7 heteroatoms. The van der Waals surface area contributed by atoms with E-state index in [9.17, 15) is 9.59 Å². The molecule has 2 rings (SSSR count). The van der Waals surface area contributed by atoms with E-state index in [0.29, 0.717) is 6.42 Å². The molecule has 0 bridgehead atoms. The van der Waals surface area contributed by atoms with Crippen LogP contribution in [0.4, 0.5) is 9.18 Å². The van der Waals surface area contributed by atoms with Crippen LogP contribution in [0.5, 0.6) is 0 Å². The predicted molar refractivity (Wildman–Crippen MR) is 102 cm³/mol. The lowest BCUT2D eigenvalue weighted by atomic mass is 10.1. The van der Waals surface area contributed by atoms with Gasteiger partial charge in [0.15, 0.2) is 5.67 Å². The molecule has 0 aliphatic carbocycles. The summed E-state index contributed by atoms with van der Waals surface area (Å²) < 4.78 is 20.3. The van der Waals surface area contributed by atoms with Gasteiger partial charge in [-0.1, -0.05) is 50.1 Å². The Morgan fingerprint density at radius 1 is 1.35 bits per heavy atom. The SMILES string of the molecule is CCCCCC(=O)NC(S)C1(F)CCN(C(=O)OCc2ccccc2)C1. The van der Waals surface area contributed by atoms with Crippen molar-refractivity contribution in [3.05, 3.63) is 35.9 Å². The maximum Gasteiger partial charge on any atom is 0.410 e. The van der Waals surface area contributed by atoms with Gasteiger partial charge in [-0.25, -0.2) is 9.18 Å². The van der Waals surface area contributed by atoms with Crippen LogP contribution < -0.4 is 5.32 Å². The van der Waals surface area contributed by atoms with E-state index < -0.39 is 17.1 Å². The maximum absolute atomic E-state index is 15.1. The van der Waals surface area contributed by atoms with Crippen molar-refractivity contribution in [1.82, 2.24) is 10.2 Å². The van der Waals surface area contributed by atoms with Crippen molar-refractivity contribution in [2.75, 3.05) is 13.1 Å². The van der Waals surface area contributed by atoms with Gasteiger partial charge >= 0.3 is 6.09 Å². The van der Waals surface area contributed by atoms with Crippen molar-refractivity contribution >= 4 is 24.6 Å². The van der Waals surface area contributed by atoms with Gasteiger partial charge in [-0.3, -0.25) is 4.79 Å². The van der Waals surface area contributed by atoms with Gasteiger partial charge in [0.25, 0.3) is 0 Å². The number of thiol groups is 1. The van der Waals surface area contributed by atoms with Crippen molar-refractivity contribution in [2.24, 2.45) is 0 Å². The van der Waals surface area contributed by atoms with Crippen LogP contribution in [0.1, 0.15) is 44.6 Å². The highest BCUT2D eigenvalue weighted by Crippen LogP contribution is 2.31. The Morgan fingerprint density at radius 2 is 2.08 bits per heavy atom. The number of nitrogens with zero attached hydrogens (tertiary/aromatic N) is 1.